The highest BCUT2D eigenvalue weighted by molar-refractivity contribution is 5.68. The van der Waals surface area contributed by atoms with Gasteiger partial charge in [0.2, 0.25) is 0 Å². The quantitative estimate of drug-likeness (QED) is 0.360. The first-order valence-electron chi connectivity index (χ1n) is 4.88. The summed E-state index contributed by atoms with van der Waals surface area (Å²) in [6.07, 6.45) is 7.84. The second-order valence-corrected chi connectivity index (χ2v) is 3.57. The lowest BCUT2D eigenvalue weighted by Crippen LogP contribution is -1.98. The van der Waals surface area contributed by atoms with Gasteiger partial charge in [-0.15, -0.1) is 0 Å². The molecule has 0 aromatic rings. The zero-order valence-corrected chi connectivity index (χ0v) is 8.88. The van der Waals surface area contributed by atoms with Crippen LogP contribution in [0.5, 0.6) is 0 Å². The van der Waals surface area contributed by atoms with Crippen molar-refractivity contribution in [3.05, 3.63) is 12.2 Å². The fraction of sp³-hybridized carbons (Fsp3) is 0.727. The maximum Gasteiger partial charge on any atom is 0.305 e. The molecule has 0 aromatic heterocycles. The third-order valence-corrected chi connectivity index (χ3v) is 1.75. The van der Waals surface area contributed by atoms with E-state index in [1.54, 1.807) is 0 Å². The lowest BCUT2D eigenvalue weighted by Gasteiger charge is -1.97. The van der Waals surface area contributed by atoms with E-state index in [2.05, 4.69) is 30.7 Å². The van der Waals surface area contributed by atoms with Gasteiger partial charge in [0.1, 0.15) is 0 Å². The van der Waals surface area contributed by atoms with E-state index in [0.29, 0.717) is 6.42 Å². The molecule has 0 unspecified atom stereocenters. The summed E-state index contributed by atoms with van der Waals surface area (Å²) >= 11 is 0. The summed E-state index contributed by atoms with van der Waals surface area (Å²) in [5.74, 6) is 0.606. The van der Waals surface area contributed by atoms with E-state index in [-0.39, 0.29) is 5.97 Å². The van der Waals surface area contributed by atoms with Gasteiger partial charge in [0.25, 0.3) is 0 Å². The molecule has 0 rings (SSSR count). The van der Waals surface area contributed by atoms with Crippen LogP contribution in [0.3, 0.4) is 0 Å². The van der Waals surface area contributed by atoms with E-state index >= 15 is 0 Å². The monoisotopic (exact) mass is 184 g/mol. The molecule has 0 aliphatic heterocycles. The van der Waals surface area contributed by atoms with E-state index in [1.807, 2.05) is 0 Å². The molecule has 0 fully saturated rings. The Bertz CT molecular complexity index is 159. The number of hydrogen-bond acceptors (Lipinski definition) is 2. The van der Waals surface area contributed by atoms with E-state index in [0.717, 1.165) is 25.2 Å². The van der Waals surface area contributed by atoms with Crippen LogP contribution < -0.4 is 0 Å². The van der Waals surface area contributed by atoms with Gasteiger partial charge in [0.15, 0.2) is 0 Å². The summed E-state index contributed by atoms with van der Waals surface area (Å²) in [4.78, 5) is 10.7. The van der Waals surface area contributed by atoms with Crippen LogP contribution in [0, 0.1) is 5.92 Å². The zero-order valence-electron chi connectivity index (χ0n) is 8.88. The number of carbonyl (C=O) groups excluding carboxylic acids is 1. The fourth-order valence-corrected chi connectivity index (χ4v) is 0.953. The van der Waals surface area contributed by atoms with Crippen LogP contribution in [-0.2, 0) is 9.53 Å². The molecule has 0 atom stereocenters. The molecule has 0 aromatic carbocycles. The first-order valence-corrected chi connectivity index (χ1v) is 4.88. The van der Waals surface area contributed by atoms with E-state index < -0.39 is 0 Å². The molecule has 0 amide bonds. The number of hydrogen-bond donors (Lipinski definition) is 0. The van der Waals surface area contributed by atoms with Crippen molar-refractivity contribution < 1.29 is 9.53 Å². The van der Waals surface area contributed by atoms with Gasteiger partial charge >= 0.3 is 5.97 Å². The molecular weight excluding hydrogens is 164 g/mol. The molecule has 0 spiro atoms. The Morgan fingerprint density at radius 3 is 2.62 bits per heavy atom. The number of unbranched alkanes of at least 4 members (excludes halogenated alkanes) is 1. The highest BCUT2D eigenvalue weighted by Gasteiger charge is 1.96. The van der Waals surface area contributed by atoms with Gasteiger partial charge in [0.05, 0.1) is 7.11 Å². The number of rotatable bonds is 6. The highest BCUT2D eigenvalue weighted by atomic mass is 16.5. The molecule has 0 bridgehead atoms. The van der Waals surface area contributed by atoms with Gasteiger partial charge < -0.3 is 4.74 Å². The number of esters is 1. The summed E-state index contributed by atoms with van der Waals surface area (Å²) in [6.45, 7) is 4.39. The van der Waals surface area contributed by atoms with Crippen LogP contribution in [0.25, 0.3) is 0 Å². The Morgan fingerprint density at radius 1 is 1.38 bits per heavy atom. The standard InChI is InChI=1S/C11H20O2/c1-10(2)8-6-4-5-7-9-11(12)13-3/h4,6,10H,5,7-9H2,1-3H3/b6-4-. The topological polar surface area (TPSA) is 26.3 Å². The predicted molar refractivity (Wildman–Crippen MR) is 54.5 cm³/mol. The summed E-state index contributed by atoms with van der Waals surface area (Å²) in [7, 11) is 1.43. The maximum atomic E-state index is 10.7. The smallest absolute Gasteiger partial charge is 0.305 e. The van der Waals surface area contributed by atoms with Crippen molar-refractivity contribution in [2.75, 3.05) is 7.11 Å². The average Bonchev–Trinajstić information content (AvgIpc) is 2.10. The normalized spacial score (nSPS) is 11.1. The van der Waals surface area contributed by atoms with Crippen LogP contribution in [0.15, 0.2) is 12.2 Å². The summed E-state index contributed by atoms with van der Waals surface area (Å²) in [6, 6.07) is 0. The van der Waals surface area contributed by atoms with Gasteiger partial charge in [-0.2, -0.15) is 0 Å². The largest absolute Gasteiger partial charge is 0.469 e. The molecule has 13 heavy (non-hydrogen) atoms. The molecule has 2 heteroatoms. The van der Waals surface area contributed by atoms with Gasteiger partial charge in [0, 0.05) is 6.42 Å². The van der Waals surface area contributed by atoms with Crippen molar-refractivity contribution in [3.63, 3.8) is 0 Å². The van der Waals surface area contributed by atoms with Gasteiger partial charge in [-0.25, -0.2) is 0 Å². The minimum Gasteiger partial charge on any atom is -0.469 e. The Kier molecular flexibility index (Phi) is 7.36. The molecule has 0 aliphatic carbocycles. The summed E-state index contributed by atoms with van der Waals surface area (Å²) in [5, 5.41) is 0. The lowest BCUT2D eigenvalue weighted by molar-refractivity contribution is -0.140. The zero-order chi connectivity index (χ0) is 10.1. The van der Waals surface area contributed by atoms with Crippen LogP contribution in [0.4, 0.5) is 0 Å². The molecule has 0 radical (unpaired) electrons. The lowest BCUT2D eigenvalue weighted by atomic mass is 10.1. The van der Waals surface area contributed by atoms with Crippen molar-refractivity contribution in [2.24, 2.45) is 5.92 Å². The minimum atomic E-state index is -0.114. The predicted octanol–water partition coefficient (Wildman–Crippen LogP) is 2.93. The van der Waals surface area contributed by atoms with Crippen LogP contribution in [0.2, 0.25) is 0 Å². The molecule has 0 saturated heterocycles. The van der Waals surface area contributed by atoms with Crippen molar-refractivity contribution >= 4 is 5.97 Å². The van der Waals surface area contributed by atoms with Crippen molar-refractivity contribution in [1.82, 2.24) is 0 Å². The minimum absolute atomic E-state index is 0.114. The highest BCUT2D eigenvalue weighted by Crippen LogP contribution is 2.03. The summed E-state index contributed by atoms with van der Waals surface area (Å²) < 4.78 is 4.53. The van der Waals surface area contributed by atoms with Crippen molar-refractivity contribution in [1.29, 1.82) is 0 Å². The van der Waals surface area contributed by atoms with Crippen molar-refractivity contribution in [3.8, 4) is 0 Å². The molecule has 0 aliphatic rings. The maximum absolute atomic E-state index is 10.7. The Morgan fingerprint density at radius 2 is 2.08 bits per heavy atom. The first-order chi connectivity index (χ1) is 6.16. The summed E-state index contributed by atoms with van der Waals surface area (Å²) in [5.41, 5.74) is 0. The number of ether oxygens (including phenoxy) is 1. The molecule has 76 valence electrons. The number of allylic oxidation sites excluding steroid dienone is 2. The van der Waals surface area contributed by atoms with Gasteiger partial charge in [-0.05, 0) is 25.2 Å². The number of carbonyl (C=O) groups is 1. The third kappa shape index (κ3) is 9.12. The van der Waals surface area contributed by atoms with Crippen LogP contribution in [-0.4, -0.2) is 13.1 Å². The first kappa shape index (κ1) is 12.2. The Labute approximate surface area is 81.0 Å². The van der Waals surface area contributed by atoms with Crippen LogP contribution >= 0.6 is 0 Å². The molecular formula is C11H20O2. The second-order valence-electron chi connectivity index (χ2n) is 3.57. The van der Waals surface area contributed by atoms with Crippen molar-refractivity contribution in [2.45, 2.75) is 39.5 Å². The van der Waals surface area contributed by atoms with E-state index in [4.69, 9.17) is 0 Å². The molecule has 0 saturated carbocycles. The number of methoxy groups -OCH3 is 1. The van der Waals surface area contributed by atoms with Gasteiger partial charge in [-0.1, -0.05) is 26.0 Å². The average molecular weight is 184 g/mol. The Balaban J connectivity index is 3.25. The van der Waals surface area contributed by atoms with Gasteiger partial charge in [-0.3, -0.25) is 4.79 Å². The van der Waals surface area contributed by atoms with E-state index in [9.17, 15) is 4.79 Å². The Hall–Kier alpha value is -0.790. The molecule has 0 N–H and O–H groups in total. The fourth-order valence-electron chi connectivity index (χ4n) is 0.953. The molecule has 0 heterocycles. The van der Waals surface area contributed by atoms with Crippen LogP contribution in [0.1, 0.15) is 39.5 Å². The van der Waals surface area contributed by atoms with E-state index in [1.165, 1.54) is 7.11 Å². The second kappa shape index (κ2) is 7.84. The third-order valence-electron chi connectivity index (χ3n) is 1.75. The molecule has 2 nitrogen and oxygen atoms in total. The SMILES string of the molecule is COC(=O)CCC/C=C\CC(C)C.